The number of likely N-dealkylation sites (N-methyl/N-ethyl adjacent to an activating group) is 1. The molecule has 1 heteroatoms. The lowest BCUT2D eigenvalue weighted by molar-refractivity contribution is 0.367. The molecule has 1 rings (SSSR count). The predicted molar refractivity (Wildman–Crippen MR) is 49.5 cm³/mol. The Hall–Kier alpha value is -0.820. The first-order valence-electron chi connectivity index (χ1n) is 4.01. The number of nitrogens with zero attached hydrogens (tertiary/aromatic N) is 1. The third-order valence-electron chi connectivity index (χ3n) is 2.14. The molecule has 0 aromatic carbocycles. The summed E-state index contributed by atoms with van der Waals surface area (Å²) >= 11 is 0. The second-order valence-corrected chi connectivity index (χ2v) is 2.76. The zero-order valence-electron chi connectivity index (χ0n) is 7.14. The van der Waals surface area contributed by atoms with Crippen molar-refractivity contribution >= 4 is 0 Å². The van der Waals surface area contributed by atoms with Crippen LogP contribution in [-0.4, -0.2) is 24.5 Å². The number of hydrogen-bond acceptors (Lipinski definition) is 1. The van der Waals surface area contributed by atoms with Gasteiger partial charge in [0.15, 0.2) is 0 Å². The van der Waals surface area contributed by atoms with Crippen LogP contribution in [0, 0.1) is 0 Å². The van der Waals surface area contributed by atoms with Crippen LogP contribution in [0.25, 0.3) is 0 Å². The molecule has 0 aromatic heterocycles. The summed E-state index contributed by atoms with van der Waals surface area (Å²) in [6.45, 7) is 12.9. The molecule has 0 aromatic rings. The van der Waals surface area contributed by atoms with E-state index in [-0.39, 0.29) is 0 Å². The quantitative estimate of drug-likeness (QED) is 0.593. The molecule has 0 N–H and O–H groups in total. The zero-order chi connectivity index (χ0) is 8.27. The summed E-state index contributed by atoms with van der Waals surface area (Å²) in [4.78, 5) is 2.37. The molecule has 1 nitrogen and oxygen atoms in total. The molecular formula is C10H15N. The van der Waals surface area contributed by atoms with E-state index in [1.165, 1.54) is 11.1 Å². The van der Waals surface area contributed by atoms with Gasteiger partial charge in [-0.2, -0.15) is 0 Å². The topological polar surface area (TPSA) is 3.24 Å². The summed E-state index contributed by atoms with van der Waals surface area (Å²) in [5.74, 6) is 0. The van der Waals surface area contributed by atoms with Crippen molar-refractivity contribution in [3.05, 3.63) is 36.5 Å². The summed E-state index contributed by atoms with van der Waals surface area (Å²) in [5.41, 5.74) is 2.67. The average molecular weight is 149 g/mol. The summed E-state index contributed by atoms with van der Waals surface area (Å²) in [6, 6.07) is 0. The Morgan fingerprint density at radius 1 is 1.27 bits per heavy atom. The Balaban J connectivity index is 2.70. The van der Waals surface area contributed by atoms with Gasteiger partial charge in [-0.15, -0.1) is 0 Å². The van der Waals surface area contributed by atoms with Crippen LogP contribution in [0.15, 0.2) is 36.5 Å². The minimum atomic E-state index is 1.04. The lowest BCUT2D eigenvalue weighted by Crippen LogP contribution is -2.20. The fourth-order valence-electron chi connectivity index (χ4n) is 1.36. The fourth-order valence-corrected chi connectivity index (χ4v) is 1.36. The van der Waals surface area contributed by atoms with Gasteiger partial charge in [0.25, 0.3) is 0 Å². The molecule has 0 unspecified atom stereocenters. The molecule has 0 saturated carbocycles. The highest BCUT2D eigenvalue weighted by molar-refractivity contribution is 5.37. The van der Waals surface area contributed by atoms with E-state index in [1.807, 2.05) is 12.2 Å². The van der Waals surface area contributed by atoms with E-state index < -0.39 is 0 Å². The second-order valence-electron chi connectivity index (χ2n) is 2.76. The Morgan fingerprint density at radius 3 is 2.00 bits per heavy atom. The molecule has 0 amide bonds. The van der Waals surface area contributed by atoms with E-state index in [1.54, 1.807) is 0 Å². The smallest absolute Gasteiger partial charge is 0.0240 e. The van der Waals surface area contributed by atoms with Crippen molar-refractivity contribution in [3.8, 4) is 0 Å². The summed E-state index contributed by atoms with van der Waals surface area (Å²) in [7, 11) is 0. The lowest BCUT2D eigenvalue weighted by atomic mass is 10.1. The molecule has 0 aliphatic carbocycles. The monoisotopic (exact) mass is 149 g/mol. The summed E-state index contributed by atoms with van der Waals surface area (Å²) < 4.78 is 0. The van der Waals surface area contributed by atoms with Crippen molar-refractivity contribution in [3.63, 3.8) is 0 Å². The van der Waals surface area contributed by atoms with Crippen molar-refractivity contribution in [2.45, 2.75) is 6.92 Å². The van der Waals surface area contributed by atoms with Gasteiger partial charge < -0.3 is 0 Å². The molecule has 0 fully saturated rings. The maximum absolute atomic E-state index is 3.78. The maximum Gasteiger partial charge on any atom is 0.0240 e. The van der Waals surface area contributed by atoms with Crippen molar-refractivity contribution in [2.75, 3.05) is 19.6 Å². The van der Waals surface area contributed by atoms with E-state index >= 15 is 0 Å². The molecule has 0 spiro atoms. The van der Waals surface area contributed by atoms with Crippen molar-refractivity contribution < 1.29 is 0 Å². The van der Waals surface area contributed by atoms with Crippen molar-refractivity contribution in [1.29, 1.82) is 0 Å². The molecule has 0 bridgehead atoms. The number of hydrogen-bond donors (Lipinski definition) is 0. The molecule has 1 aliphatic rings. The molecule has 11 heavy (non-hydrogen) atoms. The zero-order valence-corrected chi connectivity index (χ0v) is 7.14. The molecule has 1 aliphatic heterocycles. The first-order chi connectivity index (χ1) is 5.31. The van der Waals surface area contributed by atoms with Crippen LogP contribution in [0.3, 0.4) is 0 Å². The minimum Gasteiger partial charge on any atom is -0.295 e. The SMILES string of the molecule is C=CC1=C(C=C)CN(CC)C1. The lowest BCUT2D eigenvalue weighted by Gasteiger charge is -2.10. The molecular weight excluding hydrogens is 134 g/mol. The Bertz CT molecular complexity index is 181. The summed E-state index contributed by atoms with van der Waals surface area (Å²) in [5, 5.41) is 0. The van der Waals surface area contributed by atoms with Gasteiger partial charge >= 0.3 is 0 Å². The van der Waals surface area contributed by atoms with Crippen molar-refractivity contribution in [1.82, 2.24) is 4.90 Å². The van der Waals surface area contributed by atoms with E-state index in [0.717, 1.165) is 19.6 Å². The molecule has 0 atom stereocenters. The Labute approximate surface area is 68.7 Å². The molecule has 0 radical (unpaired) electrons. The average Bonchev–Trinajstić information content (AvgIpc) is 2.46. The van der Waals surface area contributed by atoms with Crippen LogP contribution >= 0.6 is 0 Å². The largest absolute Gasteiger partial charge is 0.295 e. The van der Waals surface area contributed by atoms with Crippen LogP contribution < -0.4 is 0 Å². The van der Waals surface area contributed by atoms with Crippen molar-refractivity contribution in [2.24, 2.45) is 0 Å². The normalized spacial score (nSPS) is 19.0. The fraction of sp³-hybridized carbons (Fsp3) is 0.400. The van der Waals surface area contributed by atoms with Gasteiger partial charge in [-0.05, 0) is 17.7 Å². The van der Waals surface area contributed by atoms with E-state index in [9.17, 15) is 0 Å². The van der Waals surface area contributed by atoms with E-state index in [4.69, 9.17) is 0 Å². The highest BCUT2D eigenvalue weighted by Crippen LogP contribution is 2.17. The first kappa shape index (κ1) is 8.28. The van der Waals surface area contributed by atoms with Gasteiger partial charge in [0, 0.05) is 13.1 Å². The van der Waals surface area contributed by atoms with Crippen LogP contribution in [-0.2, 0) is 0 Å². The van der Waals surface area contributed by atoms with Crippen LogP contribution in [0.2, 0.25) is 0 Å². The number of rotatable bonds is 3. The van der Waals surface area contributed by atoms with Gasteiger partial charge in [-0.3, -0.25) is 4.90 Å². The Kier molecular flexibility index (Phi) is 2.66. The van der Waals surface area contributed by atoms with Gasteiger partial charge in [0.1, 0.15) is 0 Å². The third kappa shape index (κ3) is 1.60. The molecule has 1 heterocycles. The second kappa shape index (κ2) is 3.54. The first-order valence-corrected chi connectivity index (χ1v) is 4.01. The standard InChI is InChI=1S/C10H15N/c1-4-9-7-11(6-3)8-10(9)5-2/h4-5H,1-2,6-8H2,3H3. The molecule has 0 saturated heterocycles. The highest BCUT2D eigenvalue weighted by Gasteiger charge is 2.15. The highest BCUT2D eigenvalue weighted by atomic mass is 15.1. The van der Waals surface area contributed by atoms with E-state index in [0.29, 0.717) is 0 Å². The van der Waals surface area contributed by atoms with Crippen LogP contribution in [0.5, 0.6) is 0 Å². The van der Waals surface area contributed by atoms with Gasteiger partial charge in [-0.1, -0.05) is 32.2 Å². The van der Waals surface area contributed by atoms with Crippen LogP contribution in [0.1, 0.15) is 6.92 Å². The maximum atomic E-state index is 3.78. The summed E-state index contributed by atoms with van der Waals surface area (Å²) in [6.07, 6.45) is 3.87. The Morgan fingerprint density at radius 2 is 1.73 bits per heavy atom. The van der Waals surface area contributed by atoms with Gasteiger partial charge in [-0.25, -0.2) is 0 Å². The third-order valence-corrected chi connectivity index (χ3v) is 2.14. The molecule has 60 valence electrons. The minimum absolute atomic E-state index is 1.04. The predicted octanol–water partition coefficient (Wildman–Crippen LogP) is 1.99. The van der Waals surface area contributed by atoms with Gasteiger partial charge in [0.05, 0.1) is 0 Å². The van der Waals surface area contributed by atoms with Crippen LogP contribution in [0.4, 0.5) is 0 Å². The van der Waals surface area contributed by atoms with E-state index in [2.05, 4.69) is 25.0 Å². The van der Waals surface area contributed by atoms with Gasteiger partial charge in [0.2, 0.25) is 0 Å².